The molecule has 0 aliphatic rings. The number of benzene rings is 1. The highest BCUT2D eigenvalue weighted by Gasteiger charge is 2.13. The largest absolute Gasteiger partial charge is 0.349 e. The van der Waals surface area contributed by atoms with Crippen molar-refractivity contribution in [3.05, 3.63) is 56.7 Å². The molecule has 0 spiro atoms. The predicted octanol–water partition coefficient (Wildman–Crippen LogP) is 4.07. The van der Waals surface area contributed by atoms with E-state index >= 15 is 0 Å². The fraction of sp³-hybridized carbons (Fsp3) is 0.267. The van der Waals surface area contributed by atoms with E-state index in [1.807, 2.05) is 49.6 Å². The van der Waals surface area contributed by atoms with E-state index in [0.29, 0.717) is 0 Å². The van der Waals surface area contributed by atoms with Gasteiger partial charge in [0.1, 0.15) is 0 Å². The Morgan fingerprint density at radius 2 is 2.21 bits per heavy atom. The van der Waals surface area contributed by atoms with Crippen LogP contribution in [0.3, 0.4) is 0 Å². The summed E-state index contributed by atoms with van der Waals surface area (Å²) in [7, 11) is 0. The first-order valence-corrected chi connectivity index (χ1v) is 7.41. The third-order valence-corrected chi connectivity index (χ3v) is 4.13. The van der Waals surface area contributed by atoms with Crippen molar-refractivity contribution in [2.24, 2.45) is 0 Å². The summed E-state index contributed by atoms with van der Waals surface area (Å²) in [4.78, 5) is 12.9. The summed E-state index contributed by atoms with van der Waals surface area (Å²) in [5, 5.41) is 5.68. The zero-order chi connectivity index (χ0) is 13.8. The molecule has 2 aromatic rings. The van der Waals surface area contributed by atoms with Crippen molar-refractivity contribution in [3.8, 4) is 0 Å². The summed E-state index contributed by atoms with van der Waals surface area (Å²) in [6.07, 6.45) is 0.775. The Hall–Kier alpha value is -1.32. The van der Waals surface area contributed by atoms with Crippen molar-refractivity contribution in [2.45, 2.75) is 26.3 Å². The Labute approximate surface area is 122 Å². The van der Waals surface area contributed by atoms with E-state index in [2.05, 4.69) is 5.32 Å². The molecule has 2 nitrogen and oxygen atoms in total. The molecule has 1 aromatic carbocycles. The zero-order valence-corrected chi connectivity index (χ0v) is 12.5. The summed E-state index contributed by atoms with van der Waals surface area (Å²) < 4.78 is 0. The number of hydrogen-bond acceptors (Lipinski definition) is 2. The lowest BCUT2D eigenvalue weighted by molar-refractivity contribution is 0.0943. The van der Waals surface area contributed by atoms with Gasteiger partial charge < -0.3 is 5.32 Å². The van der Waals surface area contributed by atoms with Crippen LogP contribution in [0.5, 0.6) is 0 Å². The van der Waals surface area contributed by atoms with Crippen molar-refractivity contribution in [1.82, 2.24) is 5.32 Å². The predicted molar refractivity (Wildman–Crippen MR) is 81.1 cm³/mol. The Kier molecular flexibility index (Phi) is 4.61. The number of amides is 1. The number of hydrogen-bond donors (Lipinski definition) is 1. The zero-order valence-electron chi connectivity index (χ0n) is 10.9. The highest BCUT2D eigenvalue weighted by molar-refractivity contribution is 7.12. The van der Waals surface area contributed by atoms with Gasteiger partial charge in [0.25, 0.3) is 5.91 Å². The number of nitrogens with one attached hydrogen (secondary N) is 1. The van der Waals surface area contributed by atoms with Gasteiger partial charge in [-0.15, -0.1) is 11.3 Å². The van der Waals surface area contributed by atoms with Crippen LogP contribution in [-0.4, -0.2) is 11.9 Å². The van der Waals surface area contributed by atoms with Crippen LogP contribution < -0.4 is 5.32 Å². The molecule has 0 aliphatic heterocycles. The van der Waals surface area contributed by atoms with Crippen LogP contribution in [0.4, 0.5) is 0 Å². The van der Waals surface area contributed by atoms with Crippen molar-refractivity contribution in [1.29, 1.82) is 0 Å². The van der Waals surface area contributed by atoms with Gasteiger partial charge in [0.05, 0.1) is 4.88 Å². The Balaban J connectivity index is 1.96. The van der Waals surface area contributed by atoms with E-state index < -0.39 is 0 Å². The molecule has 1 heterocycles. The van der Waals surface area contributed by atoms with Crippen LogP contribution >= 0.6 is 22.9 Å². The second-order valence-electron chi connectivity index (χ2n) is 4.64. The van der Waals surface area contributed by atoms with Gasteiger partial charge in [-0.05, 0) is 55.0 Å². The van der Waals surface area contributed by atoms with Gasteiger partial charge in [0, 0.05) is 11.1 Å². The van der Waals surface area contributed by atoms with Gasteiger partial charge in [0.15, 0.2) is 0 Å². The molecule has 1 amide bonds. The van der Waals surface area contributed by atoms with Crippen molar-refractivity contribution < 1.29 is 4.79 Å². The lowest BCUT2D eigenvalue weighted by Crippen LogP contribution is -2.33. The van der Waals surface area contributed by atoms with Crippen molar-refractivity contribution in [3.63, 3.8) is 0 Å². The van der Waals surface area contributed by atoms with Gasteiger partial charge in [-0.1, -0.05) is 23.7 Å². The van der Waals surface area contributed by atoms with Crippen LogP contribution in [0.2, 0.25) is 5.02 Å². The quantitative estimate of drug-likeness (QED) is 0.904. The number of thiophene rings is 1. The summed E-state index contributed by atoms with van der Waals surface area (Å²) >= 11 is 7.43. The average molecular weight is 294 g/mol. The average Bonchev–Trinajstić information content (AvgIpc) is 2.75. The molecule has 100 valence electrons. The van der Waals surface area contributed by atoms with Crippen molar-refractivity contribution >= 4 is 28.8 Å². The third-order valence-electron chi connectivity index (χ3n) is 2.88. The topological polar surface area (TPSA) is 29.1 Å². The van der Waals surface area contributed by atoms with E-state index in [1.165, 1.54) is 11.3 Å². The number of rotatable bonds is 4. The van der Waals surface area contributed by atoms with E-state index in [0.717, 1.165) is 27.4 Å². The fourth-order valence-electron chi connectivity index (χ4n) is 1.96. The Morgan fingerprint density at radius 3 is 2.84 bits per heavy atom. The normalized spacial score (nSPS) is 12.2. The lowest BCUT2D eigenvalue weighted by atomic mass is 10.1. The molecule has 1 atom stereocenters. The van der Waals surface area contributed by atoms with E-state index in [-0.39, 0.29) is 11.9 Å². The van der Waals surface area contributed by atoms with Crippen LogP contribution in [0.1, 0.15) is 27.7 Å². The minimum atomic E-state index is 0.00188. The van der Waals surface area contributed by atoms with Crippen LogP contribution in [0.25, 0.3) is 0 Å². The van der Waals surface area contributed by atoms with Crippen molar-refractivity contribution in [2.75, 3.05) is 0 Å². The van der Waals surface area contributed by atoms with Crippen LogP contribution in [0, 0.1) is 6.92 Å². The first-order chi connectivity index (χ1) is 9.06. The fourth-order valence-corrected chi connectivity index (χ4v) is 3.00. The smallest absolute Gasteiger partial charge is 0.261 e. The molecule has 4 heteroatoms. The van der Waals surface area contributed by atoms with Gasteiger partial charge in [-0.25, -0.2) is 0 Å². The van der Waals surface area contributed by atoms with E-state index in [1.54, 1.807) is 0 Å². The maximum atomic E-state index is 12.1. The van der Waals surface area contributed by atoms with E-state index in [9.17, 15) is 4.79 Å². The molecule has 0 bridgehead atoms. The molecule has 2 rings (SSSR count). The Bertz CT molecular complexity index is 579. The molecule has 1 N–H and O–H groups in total. The second-order valence-corrected chi connectivity index (χ2v) is 5.99. The maximum absolute atomic E-state index is 12.1. The number of carbonyl (C=O) groups excluding carboxylic acids is 1. The van der Waals surface area contributed by atoms with Crippen LogP contribution in [0.15, 0.2) is 35.7 Å². The highest BCUT2D eigenvalue weighted by Crippen LogP contribution is 2.16. The van der Waals surface area contributed by atoms with Gasteiger partial charge in [0.2, 0.25) is 0 Å². The summed E-state index contributed by atoms with van der Waals surface area (Å²) in [6, 6.07) is 9.76. The Morgan fingerprint density at radius 1 is 1.42 bits per heavy atom. The maximum Gasteiger partial charge on any atom is 0.261 e. The van der Waals surface area contributed by atoms with Gasteiger partial charge in [-0.3, -0.25) is 4.79 Å². The molecule has 0 saturated heterocycles. The number of aryl methyl sites for hydroxylation is 1. The van der Waals surface area contributed by atoms with Gasteiger partial charge in [-0.2, -0.15) is 0 Å². The first-order valence-electron chi connectivity index (χ1n) is 6.15. The molecule has 0 aliphatic carbocycles. The molecule has 0 radical (unpaired) electrons. The highest BCUT2D eigenvalue weighted by atomic mass is 35.5. The molecule has 0 unspecified atom stereocenters. The second kappa shape index (κ2) is 6.22. The summed E-state index contributed by atoms with van der Waals surface area (Å²) in [5.41, 5.74) is 2.15. The third kappa shape index (κ3) is 3.82. The minimum Gasteiger partial charge on any atom is -0.349 e. The molecule has 0 saturated carbocycles. The standard InChI is InChI=1S/C15H16ClNOS/c1-10-6-7-19-14(10)15(18)17-11(2)8-12-4-3-5-13(16)9-12/h3-7,9,11H,8H2,1-2H3,(H,17,18)/t11-/m0/s1. The molecule has 1 aromatic heterocycles. The summed E-state index contributed by atoms with van der Waals surface area (Å²) in [5.74, 6) is 0.00188. The molecular formula is C15H16ClNOS. The molecular weight excluding hydrogens is 278 g/mol. The first kappa shape index (κ1) is 14.1. The van der Waals surface area contributed by atoms with E-state index in [4.69, 9.17) is 11.6 Å². The minimum absolute atomic E-state index is 0.00188. The number of carbonyl (C=O) groups is 1. The molecule has 19 heavy (non-hydrogen) atoms. The SMILES string of the molecule is Cc1ccsc1C(=O)N[C@@H](C)Cc1cccc(Cl)c1. The van der Waals surface area contributed by atoms with Crippen LogP contribution in [-0.2, 0) is 6.42 Å². The lowest BCUT2D eigenvalue weighted by Gasteiger charge is -2.14. The molecule has 0 fully saturated rings. The monoisotopic (exact) mass is 293 g/mol. The van der Waals surface area contributed by atoms with Gasteiger partial charge >= 0.3 is 0 Å². The number of halogens is 1. The summed E-state index contributed by atoms with van der Waals surface area (Å²) in [6.45, 7) is 3.95.